The average Bonchev–Trinajstić information content (AvgIpc) is 2.49. The second-order valence-electron chi connectivity index (χ2n) is 3.33. The Balaban J connectivity index is 2.52. The molecule has 1 aromatic rings. The van der Waals surface area contributed by atoms with Gasteiger partial charge in [-0.3, -0.25) is 9.71 Å². The van der Waals surface area contributed by atoms with Gasteiger partial charge in [0.2, 0.25) is 0 Å². The quantitative estimate of drug-likeness (QED) is 0.818. The average molecular weight is 224 g/mol. The van der Waals surface area contributed by atoms with Gasteiger partial charge in [0.25, 0.3) is 10.0 Å². The van der Waals surface area contributed by atoms with Crippen LogP contribution in [0.5, 0.6) is 0 Å². The molecule has 0 unspecified atom stereocenters. The van der Waals surface area contributed by atoms with Gasteiger partial charge in [-0.25, -0.2) is 8.42 Å². The van der Waals surface area contributed by atoms with Gasteiger partial charge in [-0.1, -0.05) is 19.1 Å². The molecule has 1 aromatic carbocycles. The molecule has 15 heavy (non-hydrogen) atoms. The molecule has 0 atom stereocenters. The van der Waals surface area contributed by atoms with Crippen molar-refractivity contribution < 1.29 is 8.42 Å². The van der Waals surface area contributed by atoms with E-state index < -0.39 is 10.0 Å². The number of aliphatic imine (C=N–C) groups is 1. The van der Waals surface area contributed by atoms with E-state index in [2.05, 4.69) is 9.71 Å². The maximum atomic E-state index is 11.6. The third-order valence-corrected chi connectivity index (χ3v) is 3.55. The summed E-state index contributed by atoms with van der Waals surface area (Å²) in [6.07, 6.45) is 0.896. The smallest absolute Gasteiger partial charge is 0.263 e. The number of amidine groups is 1. The van der Waals surface area contributed by atoms with E-state index in [1.54, 1.807) is 18.2 Å². The number of fused-ring (bicyclic) bond motifs is 1. The fourth-order valence-corrected chi connectivity index (χ4v) is 2.73. The highest BCUT2D eigenvalue weighted by atomic mass is 32.2. The summed E-state index contributed by atoms with van der Waals surface area (Å²) in [5, 5.41) is 0. The van der Waals surface area contributed by atoms with Gasteiger partial charge in [-0.2, -0.15) is 0 Å². The van der Waals surface area contributed by atoms with Crippen molar-refractivity contribution in [2.75, 3.05) is 6.54 Å². The number of nitrogens with zero attached hydrogens (tertiary/aromatic N) is 1. The molecule has 0 amide bonds. The predicted molar refractivity (Wildman–Crippen MR) is 58.5 cm³/mol. The van der Waals surface area contributed by atoms with E-state index in [1.807, 2.05) is 13.0 Å². The van der Waals surface area contributed by atoms with Crippen LogP contribution in [0.15, 0.2) is 34.2 Å². The molecule has 0 saturated heterocycles. The van der Waals surface area contributed by atoms with Crippen LogP contribution in [0.4, 0.5) is 0 Å². The molecule has 0 fully saturated rings. The van der Waals surface area contributed by atoms with Gasteiger partial charge >= 0.3 is 0 Å². The fraction of sp³-hybridized carbons (Fsp3) is 0.300. The van der Waals surface area contributed by atoms with Crippen molar-refractivity contribution in [2.45, 2.75) is 18.2 Å². The Morgan fingerprint density at radius 2 is 2.07 bits per heavy atom. The third kappa shape index (κ3) is 1.74. The van der Waals surface area contributed by atoms with Crippen molar-refractivity contribution in [2.24, 2.45) is 4.99 Å². The normalized spacial score (nSPS) is 19.9. The van der Waals surface area contributed by atoms with Crippen molar-refractivity contribution in [3.8, 4) is 0 Å². The van der Waals surface area contributed by atoms with Crippen molar-refractivity contribution >= 4 is 15.9 Å². The lowest BCUT2D eigenvalue weighted by atomic mass is 10.2. The van der Waals surface area contributed by atoms with Gasteiger partial charge < -0.3 is 0 Å². The second-order valence-corrected chi connectivity index (χ2v) is 4.98. The number of benzene rings is 1. The molecule has 2 rings (SSSR count). The van der Waals surface area contributed by atoms with Crippen molar-refractivity contribution in [1.29, 1.82) is 0 Å². The summed E-state index contributed by atoms with van der Waals surface area (Å²) in [5.74, 6) is 0.465. The first-order valence-corrected chi connectivity index (χ1v) is 6.30. The van der Waals surface area contributed by atoms with Crippen LogP contribution in [-0.2, 0) is 10.0 Å². The van der Waals surface area contributed by atoms with E-state index in [-0.39, 0.29) is 0 Å². The largest absolute Gasteiger partial charge is 0.267 e. The number of hydrogen-bond donors (Lipinski definition) is 1. The molecule has 5 heteroatoms. The van der Waals surface area contributed by atoms with Gasteiger partial charge in [0.15, 0.2) is 0 Å². The molecule has 1 heterocycles. The number of nitrogens with one attached hydrogen (secondary N) is 1. The zero-order valence-corrected chi connectivity index (χ0v) is 9.21. The second kappa shape index (κ2) is 3.66. The highest BCUT2D eigenvalue weighted by Crippen LogP contribution is 2.21. The van der Waals surface area contributed by atoms with E-state index in [4.69, 9.17) is 0 Å². The summed E-state index contributed by atoms with van der Waals surface area (Å²) in [5.41, 5.74) is 0.672. The molecule has 0 aromatic heterocycles. The molecule has 0 bridgehead atoms. The van der Waals surface area contributed by atoms with Crippen LogP contribution >= 0.6 is 0 Å². The zero-order valence-electron chi connectivity index (χ0n) is 8.40. The number of rotatable bonds is 2. The zero-order chi connectivity index (χ0) is 10.9. The van der Waals surface area contributed by atoms with E-state index in [0.717, 1.165) is 6.42 Å². The Hall–Kier alpha value is -1.36. The first-order chi connectivity index (χ1) is 7.15. The lowest BCUT2D eigenvalue weighted by Gasteiger charge is -1.96. The fourth-order valence-electron chi connectivity index (χ4n) is 1.47. The van der Waals surface area contributed by atoms with Gasteiger partial charge in [-0.15, -0.1) is 0 Å². The Bertz CT molecular complexity index is 506. The molecule has 0 saturated carbocycles. The van der Waals surface area contributed by atoms with E-state index in [1.165, 1.54) is 0 Å². The third-order valence-electron chi connectivity index (χ3n) is 2.16. The van der Waals surface area contributed by atoms with Gasteiger partial charge in [0.05, 0.1) is 4.90 Å². The van der Waals surface area contributed by atoms with Crippen LogP contribution in [-0.4, -0.2) is 20.8 Å². The monoisotopic (exact) mass is 224 g/mol. The molecule has 1 aliphatic rings. The van der Waals surface area contributed by atoms with Crippen LogP contribution < -0.4 is 4.72 Å². The summed E-state index contributed by atoms with van der Waals surface area (Å²) in [4.78, 5) is 4.52. The predicted octanol–water partition coefficient (Wildman–Crippen LogP) is 1.14. The molecular formula is C10H12N2O2S. The van der Waals surface area contributed by atoms with Crippen LogP contribution in [0.1, 0.15) is 18.9 Å². The van der Waals surface area contributed by atoms with E-state index in [9.17, 15) is 8.42 Å². The first kappa shape index (κ1) is 10.2. The Kier molecular flexibility index (Phi) is 2.48. The van der Waals surface area contributed by atoms with Crippen LogP contribution in [0.25, 0.3) is 0 Å². The van der Waals surface area contributed by atoms with Crippen molar-refractivity contribution in [1.82, 2.24) is 4.72 Å². The maximum absolute atomic E-state index is 11.6. The molecule has 1 aliphatic heterocycles. The maximum Gasteiger partial charge on any atom is 0.263 e. The van der Waals surface area contributed by atoms with E-state index in [0.29, 0.717) is 22.8 Å². The summed E-state index contributed by atoms with van der Waals surface area (Å²) >= 11 is 0. The Labute approximate surface area is 89.1 Å². The molecule has 80 valence electrons. The summed E-state index contributed by atoms with van der Waals surface area (Å²) < 4.78 is 25.7. The molecule has 0 spiro atoms. The minimum Gasteiger partial charge on any atom is -0.267 e. The molecule has 1 N–H and O–H groups in total. The van der Waals surface area contributed by atoms with Crippen LogP contribution in [0.2, 0.25) is 0 Å². The van der Waals surface area contributed by atoms with E-state index >= 15 is 0 Å². The topological polar surface area (TPSA) is 58.5 Å². The number of hydrogen-bond acceptors (Lipinski definition) is 3. The Morgan fingerprint density at radius 1 is 1.33 bits per heavy atom. The Morgan fingerprint density at radius 3 is 2.80 bits per heavy atom. The SMILES string of the molecule is CCCN=C1NS(=O)(=O)c2ccccc21. The molecular weight excluding hydrogens is 212 g/mol. The van der Waals surface area contributed by atoms with Crippen LogP contribution in [0, 0.1) is 0 Å². The molecule has 0 radical (unpaired) electrons. The van der Waals surface area contributed by atoms with Crippen molar-refractivity contribution in [3.63, 3.8) is 0 Å². The van der Waals surface area contributed by atoms with Crippen molar-refractivity contribution in [3.05, 3.63) is 29.8 Å². The van der Waals surface area contributed by atoms with Crippen LogP contribution in [0.3, 0.4) is 0 Å². The minimum absolute atomic E-state index is 0.319. The molecule has 4 nitrogen and oxygen atoms in total. The van der Waals surface area contributed by atoms with Gasteiger partial charge in [-0.05, 0) is 18.6 Å². The highest BCUT2D eigenvalue weighted by molar-refractivity contribution is 7.90. The lowest BCUT2D eigenvalue weighted by molar-refractivity contribution is 0.595. The summed E-state index contributed by atoms with van der Waals surface area (Å²) in [7, 11) is -3.37. The summed E-state index contributed by atoms with van der Waals surface area (Å²) in [6, 6.07) is 6.87. The lowest BCUT2D eigenvalue weighted by Crippen LogP contribution is -2.22. The standard InChI is InChI=1S/C10H12N2O2S/c1-2-7-11-10-8-5-3-4-6-9(8)15(13,14)12-10/h3-6H,2,7H2,1H3,(H,11,12). The minimum atomic E-state index is -3.37. The highest BCUT2D eigenvalue weighted by Gasteiger charge is 2.29. The summed E-state index contributed by atoms with van der Waals surface area (Å²) in [6.45, 7) is 2.63. The molecule has 0 aliphatic carbocycles. The first-order valence-electron chi connectivity index (χ1n) is 4.82. The van der Waals surface area contributed by atoms with Gasteiger partial charge in [0, 0.05) is 12.1 Å². The number of sulfonamides is 1. The van der Waals surface area contributed by atoms with Gasteiger partial charge in [0.1, 0.15) is 5.84 Å².